The number of carbonyl (C=O) groups excluding carboxylic acids is 2. The Morgan fingerprint density at radius 1 is 1.15 bits per heavy atom. The summed E-state index contributed by atoms with van der Waals surface area (Å²) in [5.41, 5.74) is 7.34. The number of amides is 2. The van der Waals surface area contributed by atoms with E-state index in [0.717, 1.165) is 43.0 Å². The molecule has 0 bridgehead atoms. The van der Waals surface area contributed by atoms with Crippen LogP contribution in [0.2, 0.25) is 0 Å². The van der Waals surface area contributed by atoms with Crippen LogP contribution >= 0.6 is 11.8 Å². The minimum Gasteiger partial charge on any atom is -0.444 e. The van der Waals surface area contributed by atoms with E-state index in [1.165, 1.54) is 0 Å². The first-order chi connectivity index (χ1) is 18.5. The maximum absolute atomic E-state index is 12.8. The summed E-state index contributed by atoms with van der Waals surface area (Å²) in [6, 6.07) is 13.6. The molecule has 2 aliphatic rings. The summed E-state index contributed by atoms with van der Waals surface area (Å²) >= 11 is 1.15. The third-order valence-corrected chi connectivity index (χ3v) is 8.17. The van der Waals surface area contributed by atoms with Gasteiger partial charge in [-0.1, -0.05) is 42.1 Å². The van der Waals surface area contributed by atoms with Crippen molar-refractivity contribution in [3.05, 3.63) is 52.6 Å². The van der Waals surface area contributed by atoms with Gasteiger partial charge in [-0.25, -0.2) is 9.78 Å². The van der Waals surface area contributed by atoms with E-state index in [2.05, 4.69) is 12.1 Å². The number of primary amides is 1. The van der Waals surface area contributed by atoms with Crippen LogP contribution in [0.4, 0.5) is 10.6 Å². The van der Waals surface area contributed by atoms with Crippen molar-refractivity contribution in [3.63, 3.8) is 0 Å². The van der Waals surface area contributed by atoms with E-state index < -0.39 is 22.9 Å². The maximum Gasteiger partial charge on any atom is 0.410 e. The van der Waals surface area contributed by atoms with E-state index in [4.69, 9.17) is 15.5 Å². The molecule has 2 atom stereocenters. The average Bonchev–Trinajstić information content (AvgIpc) is 3.75. The summed E-state index contributed by atoms with van der Waals surface area (Å²) in [6.45, 7) is 6.62. The number of hydrogen-bond donors (Lipinski definition) is 1. The lowest BCUT2D eigenvalue weighted by Crippen LogP contribution is -2.50. The molecule has 2 heterocycles. The first-order valence-corrected chi connectivity index (χ1v) is 14.0. The van der Waals surface area contributed by atoms with E-state index in [9.17, 15) is 20.1 Å². The van der Waals surface area contributed by atoms with E-state index >= 15 is 0 Å². The fourth-order valence-corrected chi connectivity index (χ4v) is 5.90. The molecule has 204 valence electrons. The number of ether oxygens (including phenoxy) is 1. The van der Waals surface area contributed by atoms with E-state index in [1.807, 2.05) is 56.0 Å². The molecular weight excluding hydrogens is 512 g/mol. The van der Waals surface area contributed by atoms with Crippen LogP contribution in [0, 0.1) is 22.7 Å². The van der Waals surface area contributed by atoms with Crippen LogP contribution in [-0.2, 0) is 9.53 Å². The number of likely N-dealkylation sites (N-methyl/N-ethyl adjacent to an activating group) is 1. The van der Waals surface area contributed by atoms with Gasteiger partial charge in [0, 0.05) is 20.1 Å². The molecule has 2 amide bonds. The largest absolute Gasteiger partial charge is 0.444 e. The molecule has 9 nitrogen and oxygen atoms in total. The van der Waals surface area contributed by atoms with Gasteiger partial charge in [0.15, 0.2) is 0 Å². The lowest BCUT2D eigenvalue weighted by molar-refractivity contribution is -0.117. The molecule has 10 heteroatoms. The SMILES string of the molecule is CN(C(=O)OC(C)(C)C)C1CCCN(c2nc(SC(C(N)=O)c3ccccc3)c(C#N)c(C3CC3)c2C#N)C1. The van der Waals surface area contributed by atoms with Crippen molar-refractivity contribution in [2.24, 2.45) is 5.73 Å². The average molecular weight is 547 g/mol. The van der Waals surface area contributed by atoms with Gasteiger partial charge >= 0.3 is 6.09 Å². The summed E-state index contributed by atoms with van der Waals surface area (Å²) in [7, 11) is 1.73. The molecule has 1 aromatic heterocycles. The maximum atomic E-state index is 12.8. The Bertz CT molecular complexity index is 1320. The van der Waals surface area contributed by atoms with Crippen molar-refractivity contribution in [2.75, 3.05) is 25.0 Å². The third kappa shape index (κ3) is 6.46. The van der Waals surface area contributed by atoms with Gasteiger partial charge in [-0.15, -0.1) is 0 Å². The Hall–Kier alpha value is -3.76. The second kappa shape index (κ2) is 11.5. The van der Waals surface area contributed by atoms with Crippen LogP contribution in [0.3, 0.4) is 0 Å². The fraction of sp³-hybridized carbons (Fsp3) is 0.483. The smallest absolute Gasteiger partial charge is 0.410 e. The Balaban J connectivity index is 1.73. The Morgan fingerprint density at radius 3 is 2.38 bits per heavy atom. The zero-order valence-electron chi connectivity index (χ0n) is 22.8. The predicted molar refractivity (Wildman–Crippen MR) is 149 cm³/mol. The van der Waals surface area contributed by atoms with Crippen molar-refractivity contribution in [1.82, 2.24) is 9.88 Å². The van der Waals surface area contributed by atoms with Crippen molar-refractivity contribution in [1.29, 1.82) is 10.5 Å². The van der Waals surface area contributed by atoms with Crippen LogP contribution < -0.4 is 10.6 Å². The zero-order valence-corrected chi connectivity index (χ0v) is 23.6. The monoisotopic (exact) mass is 546 g/mol. The van der Waals surface area contributed by atoms with Crippen molar-refractivity contribution in [2.45, 2.75) is 74.3 Å². The number of rotatable bonds is 7. The van der Waals surface area contributed by atoms with Gasteiger partial charge in [0.25, 0.3) is 0 Å². The Kier molecular flexibility index (Phi) is 8.36. The van der Waals surface area contributed by atoms with Crippen LogP contribution in [0.25, 0.3) is 0 Å². The first-order valence-electron chi connectivity index (χ1n) is 13.1. The predicted octanol–water partition coefficient (Wildman–Crippen LogP) is 4.86. The number of aromatic nitrogens is 1. The number of nitriles is 2. The number of thioether (sulfide) groups is 1. The second-order valence-electron chi connectivity index (χ2n) is 11.0. The molecule has 1 saturated heterocycles. The number of pyridine rings is 1. The number of anilines is 1. The number of carbonyl (C=O) groups is 2. The number of nitrogens with zero attached hydrogens (tertiary/aromatic N) is 5. The van der Waals surface area contributed by atoms with Gasteiger partial charge in [-0.3, -0.25) is 4.79 Å². The number of benzene rings is 1. The molecule has 4 rings (SSSR count). The van der Waals surface area contributed by atoms with Gasteiger partial charge in [-0.05, 0) is 63.5 Å². The van der Waals surface area contributed by atoms with Gasteiger partial charge in [-0.2, -0.15) is 10.5 Å². The second-order valence-corrected chi connectivity index (χ2v) is 12.1. The molecular formula is C29H34N6O3S. The molecule has 1 aliphatic heterocycles. The highest BCUT2D eigenvalue weighted by molar-refractivity contribution is 8.00. The van der Waals surface area contributed by atoms with Crippen LogP contribution in [-0.4, -0.2) is 53.7 Å². The number of piperidine rings is 1. The highest BCUT2D eigenvalue weighted by atomic mass is 32.2. The van der Waals surface area contributed by atoms with Crippen molar-refractivity contribution >= 4 is 29.6 Å². The normalized spacial score (nSPS) is 18.0. The summed E-state index contributed by atoms with van der Waals surface area (Å²) in [6.07, 6.45) is 2.96. The van der Waals surface area contributed by atoms with E-state index in [1.54, 1.807) is 11.9 Å². The molecule has 2 N–H and O–H groups in total. The highest BCUT2D eigenvalue weighted by Gasteiger charge is 2.37. The fourth-order valence-electron chi connectivity index (χ4n) is 4.86. The Labute approximate surface area is 233 Å². The van der Waals surface area contributed by atoms with E-state index in [-0.39, 0.29) is 12.0 Å². The zero-order chi connectivity index (χ0) is 28.3. The van der Waals surface area contributed by atoms with Gasteiger partial charge in [0.1, 0.15) is 33.8 Å². The van der Waals surface area contributed by atoms with Crippen LogP contribution in [0.15, 0.2) is 35.4 Å². The number of nitrogens with two attached hydrogens (primary N) is 1. The summed E-state index contributed by atoms with van der Waals surface area (Å²) in [5, 5.41) is 20.1. The minimum absolute atomic E-state index is 0.101. The molecule has 39 heavy (non-hydrogen) atoms. The van der Waals surface area contributed by atoms with Crippen LogP contribution in [0.1, 0.15) is 79.9 Å². The molecule has 0 spiro atoms. The van der Waals surface area contributed by atoms with Crippen molar-refractivity contribution < 1.29 is 14.3 Å². The van der Waals surface area contributed by atoms with Gasteiger partial charge < -0.3 is 20.3 Å². The molecule has 2 fully saturated rings. The van der Waals surface area contributed by atoms with Gasteiger partial charge in [0.05, 0.1) is 17.2 Å². The minimum atomic E-state index is -0.744. The van der Waals surface area contributed by atoms with Crippen molar-refractivity contribution in [3.8, 4) is 12.1 Å². The summed E-state index contributed by atoms with van der Waals surface area (Å²) in [4.78, 5) is 33.8. The molecule has 1 saturated carbocycles. The Morgan fingerprint density at radius 2 is 1.82 bits per heavy atom. The lowest BCUT2D eigenvalue weighted by Gasteiger charge is -2.39. The highest BCUT2D eigenvalue weighted by Crippen LogP contribution is 2.48. The topological polar surface area (TPSA) is 136 Å². The molecule has 2 unspecified atom stereocenters. The third-order valence-electron chi connectivity index (χ3n) is 6.91. The summed E-state index contributed by atoms with van der Waals surface area (Å²) < 4.78 is 5.57. The standard InChI is InChI=1S/C29H34N6O3S/c1-29(2,3)38-28(37)34(4)20-11-8-14-35(17-20)26-21(15-30)23(18-12-13-18)22(16-31)27(33-26)39-24(25(32)36)19-9-6-5-7-10-19/h5-7,9-10,18,20,24H,8,11-14,17H2,1-4H3,(H2,32,36). The molecule has 1 aliphatic carbocycles. The van der Waals surface area contributed by atoms with Crippen LogP contribution in [0.5, 0.6) is 0 Å². The summed E-state index contributed by atoms with van der Waals surface area (Å²) in [5.74, 6) is 0.0523. The quantitative estimate of drug-likeness (QED) is 0.486. The lowest BCUT2D eigenvalue weighted by atomic mass is 9.98. The number of hydrogen-bond acceptors (Lipinski definition) is 8. The molecule has 1 aromatic carbocycles. The molecule has 0 radical (unpaired) electrons. The molecule has 2 aromatic rings. The first kappa shape index (κ1) is 28.3. The van der Waals surface area contributed by atoms with E-state index in [0.29, 0.717) is 40.6 Å². The van der Waals surface area contributed by atoms with Gasteiger partial charge in [0.2, 0.25) is 5.91 Å².